The molecule has 150 valence electrons. The van der Waals surface area contributed by atoms with Gasteiger partial charge in [-0.2, -0.15) is 5.10 Å². The van der Waals surface area contributed by atoms with Gasteiger partial charge in [-0.15, -0.1) is 0 Å². The third-order valence-corrected chi connectivity index (χ3v) is 5.02. The van der Waals surface area contributed by atoms with Crippen molar-refractivity contribution in [2.45, 2.75) is 19.8 Å². The van der Waals surface area contributed by atoms with Gasteiger partial charge in [0.15, 0.2) is 0 Å². The third kappa shape index (κ3) is 4.27. The molecule has 8 nitrogen and oxygen atoms in total. The lowest BCUT2D eigenvalue weighted by Gasteiger charge is -2.31. The van der Waals surface area contributed by atoms with Crippen molar-refractivity contribution in [2.24, 2.45) is 13.0 Å². The molecular weight excluding hydrogens is 360 g/mol. The average Bonchev–Trinajstić information content (AvgIpc) is 3.03. The minimum Gasteiger partial charge on any atom is -0.497 e. The lowest BCUT2D eigenvalue weighted by atomic mass is 9.95. The van der Waals surface area contributed by atoms with Gasteiger partial charge in [0, 0.05) is 43.9 Å². The molecule has 0 bridgehead atoms. The summed E-state index contributed by atoms with van der Waals surface area (Å²) < 4.78 is 12.2. The fraction of sp³-hybridized carbons (Fsp3) is 0.450. The van der Waals surface area contributed by atoms with E-state index in [1.807, 2.05) is 14.0 Å². The van der Waals surface area contributed by atoms with E-state index in [0.717, 1.165) is 11.4 Å². The van der Waals surface area contributed by atoms with E-state index < -0.39 is 0 Å². The highest BCUT2D eigenvalue weighted by atomic mass is 16.5. The van der Waals surface area contributed by atoms with Crippen LogP contribution in [0, 0.1) is 12.8 Å². The van der Waals surface area contributed by atoms with Crippen LogP contribution in [0.25, 0.3) is 0 Å². The number of carbonyl (C=O) groups is 2. The van der Waals surface area contributed by atoms with Gasteiger partial charge in [0.05, 0.1) is 25.6 Å². The zero-order valence-electron chi connectivity index (χ0n) is 16.7. The Morgan fingerprint density at radius 3 is 2.21 bits per heavy atom. The molecule has 2 heterocycles. The summed E-state index contributed by atoms with van der Waals surface area (Å²) in [5, 5.41) is 7.18. The molecule has 0 aliphatic carbocycles. The summed E-state index contributed by atoms with van der Waals surface area (Å²) in [6, 6.07) is 5.14. The minimum atomic E-state index is -0.122. The van der Waals surface area contributed by atoms with E-state index in [9.17, 15) is 9.59 Å². The number of likely N-dealkylation sites (tertiary alicyclic amines) is 1. The largest absolute Gasteiger partial charge is 0.497 e. The maximum Gasteiger partial charge on any atom is 0.254 e. The van der Waals surface area contributed by atoms with Crippen LogP contribution in [0.5, 0.6) is 11.5 Å². The van der Waals surface area contributed by atoms with Crippen LogP contribution in [-0.4, -0.2) is 53.8 Å². The van der Waals surface area contributed by atoms with Crippen LogP contribution >= 0.6 is 0 Å². The van der Waals surface area contributed by atoms with Crippen LogP contribution in [0.2, 0.25) is 0 Å². The summed E-state index contributed by atoms with van der Waals surface area (Å²) in [6.07, 6.45) is 3.04. The van der Waals surface area contributed by atoms with E-state index in [1.165, 1.54) is 0 Å². The van der Waals surface area contributed by atoms with Crippen LogP contribution in [0.3, 0.4) is 0 Å². The van der Waals surface area contributed by atoms with E-state index in [-0.39, 0.29) is 17.7 Å². The van der Waals surface area contributed by atoms with Gasteiger partial charge in [0.1, 0.15) is 11.5 Å². The maximum absolute atomic E-state index is 12.9. The smallest absolute Gasteiger partial charge is 0.254 e. The summed E-state index contributed by atoms with van der Waals surface area (Å²) >= 11 is 0. The number of nitrogens with zero attached hydrogens (tertiary/aromatic N) is 3. The second kappa shape index (κ2) is 8.33. The Bertz CT molecular complexity index is 847. The van der Waals surface area contributed by atoms with Gasteiger partial charge in [-0.05, 0) is 31.9 Å². The molecule has 1 fully saturated rings. The molecule has 1 aliphatic heterocycles. The Morgan fingerprint density at radius 2 is 1.71 bits per heavy atom. The highest BCUT2D eigenvalue weighted by molar-refractivity contribution is 5.96. The van der Waals surface area contributed by atoms with Crippen molar-refractivity contribution in [1.82, 2.24) is 14.7 Å². The van der Waals surface area contributed by atoms with Crippen molar-refractivity contribution in [1.29, 1.82) is 0 Å². The molecule has 0 spiro atoms. The fourth-order valence-electron chi connectivity index (χ4n) is 3.42. The third-order valence-electron chi connectivity index (χ3n) is 5.02. The molecule has 28 heavy (non-hydrogen) atoms. The molecular formula is C20H26N4O4. The Hall–Kier alpha value is -3.03. The van der Waals surface area contributed by atoms with Crippen LogP contribution in [0.1, 0.15) is 28.9 Å². The van der Waals surface area contributed by atoms with Gasteiger partial charge in [-0.25, -0.2) is 0 Å². The zero-order chi connectivity index (χ0) is 20.3. The van der Waals surface area contributed by atoms with Crippen LogP contribution < -0.4 is 14.8 Å². The summed E-state index contributed by atoms with van der Waals surface area (Å²) in [5.41, 5.74) is 2.04. The van der Waals surface area contributed by atoms with Gasteiger partial charge in [0.25, 0.3) is 5.91 Å². The standard InChI is InChI=1S/C20H26N4O4/c1-13-18(12-23(2)22-13)21-19(25)14-5-7-24(8-6-14)20(26)15-9-16(27-3)11-17(10-15)28-4/h9-12,14H,5-8H2,1-4H3,(H,21,25). The van der Waals surface area contributed by atoms with Crippen molar-refractivity contribution in [3.63, 3.8) is 0 Å². The summed E-state index contributed by atoms with van der Waals surface area (Å²) in [4.78, 5) is 27.2. The fourth-order valence-corrected chi connectivity index (χ4v) is 3.42. The lowest BCUT2D eigenvalue weighted by molar-refractivity contribution is -0.121. The maximum atomic E-state index is 12.9. The SMILES string of the molecule is COc1cc(OC)cc(C(=O)N2CCC(C(=O)Nc3cn(C)nc3C)CC2)c1. The number of ether oxygens (including phenoxy) is 2. The molecule has 1 N–H and O–H groups in total. The topological polar surface area (TPSA) is 85.7 Å². The number of amides is 2. The molecule has 2 amide bonds. The molecule has 0 saturated carbocycles. The molecule has 1 aromatic carbocycles. The van der Waals surface area contributed by atoms with Crippen molar-refractivity contribution < 1.29 is 19.1 Å². The van der Waals surface area contributed by atoms with Gasteiger partial charge in [-0.3, -0.25) is 14.3 Å². The molecule has 3 rings (SSSR count). The number of carbonyl (C=O) groups excluding carboxylic acids is 2. The van der Waals surface area contributed by atoms with Crippen LogP contribution in [0.15, 0.2) is 24.4 Å². The number of piperidine rings is 1. The Labute approximate surface area is 164 Å². The number of hydrogen-bond acceptors (Lipinski definition) is 5. The quantitative estimate of drug-likeness (QED) is 0.852. The number of methoxy groups -OCH3 is 2. The van der Waals surface area contributed by atoms with E-state index in [2.05, 4.69) is 10.4 Å². The number of aryl methyl sites for hydroxylation is 2. The van der Waals surface area contributed by atoms with E-state index in [0.29, 0.717) is 43.0 Å². The Balaban J connectivity index is 1.61. The minimum absolute atomic E-state index is 0.0220. The molecule has 1 saturated heterocycles. The second-order valence-corrected chi connectivity index (χ2v) is 6.96. The first-order valence-electron chi connectivity index (χ1n) is 9.24. The second-order valence-electron chi connectivity index (χ2n) is 6.96. The molecule has 0 unspecified atom stereocenters. The Morgan fingerprint density at radius 1 is 1.11 bits per heavy atom. The highest BCUT2D eigenvalue weighted by Gasteiger charge is 2.28. The van der Waals surface area contributed by atoms with Crippen molar-refractivity contribution in [3.8, 4) is 11.5 Å². The molecule has 2 aromatic rings. The molecule has 1 aliphatic rings. The van der Waals surface area contributed by atoms with E-state index >= 15 is 0 Å². The number of aromatic nitrogens is 2. The summed E-state index contributed by atoms with van der Waals surface area (Å²) in [5.74, 6) is 0.918. The number of nitrogens with one attached hydrogen (secondary N) is 1. The average molecular weight is 386 g/mol. The van der Waals surface area contributed by atoms with Crippen molar-refractivity contribution in [3.05, 3.63) is 35.7 Å². The number of benzene rings is 1. The molecule has 0 atom stereocenters. The monoisotopic (exact) mass is 386 g/mol. The van der Waals surface area contributed by atoms with Gasteiger partial charge in [-0.1, -0.05) is 0 Å². The zero-order valence-corrected chi connectivity index (χ0v) is 16.7. The summed E-state index contributed by atoms with van der Waals surface area (Å²) in [6.45, 7) is 2.92. The summed E-state index contributed by atoms with van der Waals surface area (Å²) in [7, 11) is 4.93. The molecule has 0 radical (unpaired) electrons. The molecule has 8 heteroatoms. The van der Waals surface area contributed by atoms with Gasteiger partial charge in [0.2, 0.25) is 5.91 Å². The number of anilines is 1. The Kier molecular flexibility index (Phi) is 5.87. The van der Waals surface area contributed by atoms with Crippen LogP contribution in [-0.2, 0) is 11.8 Å². The predicted octanol–water partition coefficient (Wildman–Crippen LogP) is 2.24. The van der Waals surface area contributed by atoms with E-state index in [1.54, 1.807) is 48.2 Å². The first kappa shape index (κ1) is 19.7. The molecule has 1 aromatic heterocycles. The number of rotatable bonds is 5. The lowest BCUT2D eigenvalue weighted by Crippen LogP contribution is -2.41. The van der Waals surface area contributed by atoms with Crippen molar-refractivity contribution >= 4 is 17.5 Å². The van der Waals surface area contributed by atoms with E-state index in [4.69, 9.17) is 9.47 Å². The normalized spacial score (nSPS) is 14.6. The first-order valence-corrected chi connectivity index (χ1v) is 9.24. The number of hydrogen-bond donors (Lipinski definition) is 1. The first-order chi connectivity index (χ1) is 13.4. The van der Waals surface area contributed by atoms with Gasteiger partial charge < -0.3 is 19.7 Å². The van der Waals surface area contributed by atoms with Crippen molar-refractivity contribution in [2.75, 3.05) is 32.6 Å². The highest BCUT2D eigenvalue weighted by Crippen LogP contribution is 2.26. The predicted molar refractivity (Wildman–Crippen MR) is 105 cm³/mol. The van der Waals surface area contributed by atoms with Gasteiger partial charge >= 0.3 is 0 Å². The van der Waals surface area contributed by atoms with Crippen LogP contribution in [0.4, 0.5) is 5.69 Å².